The quantitative estimate of drug-likeness (QED) is 0.775. The van der Waals surface area contributed by atoms with E-state index in [1.165, 1.54) is 11.1 Å². The lowest BCUT2D eigenvalue weighted by Crippen LogP contribution is -2.01. The molecule has 0 heterocycles. The molecule has 2 heteroatoms. The van der Waals surface area contributed by atoms with Crippen LogP contribution in [0.25, 0.3) is 0 Å². The molecule has 2 rings (SSSR count). The van der Waals surface area contributed by atoms with E-state index in [0.29, 0.717) is 5.92 Å². The van der Waals surface area contributed by atoms with Crippen LogP contribution in [-0.4, -0.2) is 0 Å². The van der Waals surface area contributed by atoms with Gasteiger partial charge in [0, 0.05) is 5.69 Å². The van der Waals surface area contributed by atoms with E-state index in [4.69, 9.17) is 5.73 Å². The monoisotopic (exact) mass is 254 g/mol. The molecular formula is C17H22N2. The molecule has 0 unspecified atom stereocenters. The Balaban J connectivity index is 2.40. The van der Waals surface area contributed by atoms with E-state index in [0.717, 1.165) is 22.6 Å². The molecule has 0 saturated carbocycles. The van der Waals surface area contributed by atoms with E-state index in [1.54, 1.807) is 0 Å². The van der Waals surface area contributed by atoms with Gasteiger partial charge in [0.2, 0.25) is 0 Å². The number of rotatable bonds is 3. The summed E-state index contributed by atoms with van der Waals surface area (Å²) in [5, 5.41) is 3.48. The van der Waals surface area contributed by atoms with Crippen LogP contribution in [0.3, 0.4) is 0 Å². The molecule has 2 nitrogen and oxygen atoms in total. The molecule has 0 saturated heterocycles. The van der Waals surface area contributed by atoms with Crippen molar-refractivity contribution in [3.05, 3.63) is 53.1 Å². The normalized spacial score (nSPS) is 10.8. The largest absolute Gasteiger partial charge is 0.397 e. The third kappa shape index (κ3) is 2.90. The molecule has 0 atom stereocenters. The highest BCUT2D eigenvalue weighted by molar-refractivity contribution is 5.77. The van der Waals surface area contributed by atoms with Gasteiger partial charge in [-0.15, -0.1) is 0 Å². The van der Waals surface area contributed by atoms with Crippen LogP contribution in [0.15, 0.2) is 36.4 Å². The highest BCUT2D eigenvalue weighted by Gasteiger charge is 2.07. The van der Waals surface area contributed by atoms with Gasteiger partial charge in [-0.05, 0) is 48.6 Å². The summed E-state index contributed by atoms with van der Waals surface area (Å²) in [4.78, 5) is 0. The number of para-hydroxylation sites is 1. The van der Waals surface area contributed by atoms with Gasteiger partial charge in [0.1, 0.15) is 0 Å². The van der Waals surface area contributed by atoms with Gasteiger partial charge in [0.25, 0.3) is 0 Å². The molecule has 0 radical (unpaired) electrons. The van der Waals surface area contributed by atoms with E-state index in [1.807, 2.05) is 12.1 Å². The predicted octanol–water partition coefficient (Wildman–Crippen LogP) is 4.75. The Morgan fingerprint density at radius 3 is 2.37 bits per heavy atom. The summed E-state index contributed by atoms with van der Waals surface area (Å²) in [6.07, 6.45) is 0. The molecule has 0 spiro atoms. The summed E-state index contributed by atoms with van der Waals surface area (Å²) in [6, 6.07) is 12.5. The molecular weight excluding hydrogens is 232 g/mol. The van der Waals surface area contributed by atoms with Crippen LogP contribution in [0.5, 0.6) is 0 Å². The predicted molar refractivity (Wildman–Crippen MR) is 84.1 cm³/mol. The third-order valence-corrected chi connectivity index (χ3v) is 3.49. The summed E-state index contributed by atoms with van der Waals surface area (Å²) >= 11 is 0. The topological polar surface area (TPSA) is 38.0 Å². The maximum atomic E-state index is 6.05. The zero-order chi connectivity index (χ0) is 14.0. The molecule has 19 heavy (non-hydrogen) atoms. The van der Waals surface area contributed by atoms with Crippen LogP contribution in [0, 0.1) is 13.8 Å². The minimum absolute atomic E-state index is 0.523. The van der Waals surface area contributed by atoms with Crippen LogP contribution >= 0.6 is 0 Å². The second-order valence-electron chi connectivity index (χ2n) is 5.39. The second-order valence-corrected chi connectivity index (χ2v) is 5.39. The summed E-state index contributed by atoms with van der Waals surface area (Å²) in [5.74, 6) is 0.523. The number of hydrogen-bond acceptors (Lipinski definition) is 2. The number of nitrogens with one attached hydrogen (secondary N) is 1. The fourth-order valence-corrected chi connectivity index (χ4v) is 2.13. The fourth-order valence-electron chi connectivity index (χ4n) is 2.13. The summed E-state index contributed by atoms with van der Waals surface area (Å²) in [5.41, 5.74) is 12.7. The van der Waals surface area contributed by atoms with Gasteiger partial charge < -0.3 is 11.1 Å². The van der Waals surface area contributed by atoms with Gasteiger partial charge in [0.15, 0.2) is 0 Å². The van der Waals surface area contributed by atoms with Crippen molar-refractivity contribution >= 4 is 17.1 Å². The van der Waals surface area contributed by atoms with Gasteiger partial charge in [-0.3, -0.25) is 0 Å². The Hall–Kier alpha value is -1.96. The Labute approximate surface area is 115 Å². The average Bonchev–Trinajstić information content (AvgIpc) is 2.35. The van der Waals surface area contributed by atoms with Crippen molar-refractivity contribution in [1.29, 1.82) is 0 Å². The first kappa shape index (κ1) is 13.5. The molecule has 0 aliphatic heterocycles. The van der Waals surface area contributed by atoms with E-state index in [9.17, 15) is 0 Å². The smallest absolute Gasteiger partial charge is 0.0647 e. The van der Waals surface area contributed by atoms with Crippen LogP contribution in [-0.2, 0) is 0 Å². The zero-order valence-electron chi connectivity index (χ0n) is 12.1. The third-order valence-electron chi connectivity index (χ3n) is 3.49. The number of benzene rings is 2. The van der Waals surface area contributed by atoms with Crippen molar-refractivity contribution in [1.82, 2.24) is 0 Å². The summed E-state index contributed by atoms with van der Waals surface area (Å²) in [6.45, 7) is 8.59. The van der Waals surface area contributed by atoms with Gasteiger partial charge in [-0.1, -0.05) is 38.1 Å². The lowest BCUT2D eigenvalue weighted by Gasteiger charge is -2.16. The van der Waals surface area contributed by atoms with Crippen LogP contribution in [0.4, 0.5) is 17.1 Å². The molecule has 3 N–H and O–H groups in total. The van der Waals surface area contributed by atoms with E-state index < -0.39 is 0 Å². The molecule has 2 aromatic rings. The van der Waals surface area contributed by atoms with Crippen LogP contribution in [0.1, 0.15) is 36.5 Å². The van der Waals surface area contributed by atoms with Crippen molar-refractivity contribution < 1.29 is 0 Å². The maximum Gasteiger partial charge on any atom is 0.0647 e. The van der Waals surface area contributed by atoms with Crippen molar-refractivity contribution in [2.75, 3.05) is 11.1 Å². The first-order valence-electron chi connectivity index (χ1n) is 6.71. The summed E-state index contributed by atoms with van der Waals surface area (Å²) in [7, 11) is 0. The number of hydrogen-bond donors (Lipinski definition) is 2. The molecule has 100 valence electrons. The zero-order valence-corrected chi connectivity index (χ0v) is 12.1. The standard InChI is InChI=1S/C17H22N2/c1-11(2)14-9-8-12(3)16(10-14)19-17-13(4)6-5-7-15(17)18/h5-11,19H,18H2,1-4H3. The van der Waals surface area contributed by atoms with E-state index in [-0.39, 0.29) is 0 Å². The fraction of sp³-hybridized carbons (Fsp3) is 0.294. The molecule has 0 aliphatic carbocycles. The first-order valence-corrected chi connectivity index (χ1v) is 6.71. The van der Waals surface area contributed by atoms with Gasteiger partial charge in [-0.2, -0.15) is 0 Å². The molecule has 0 bridgehead atoms. The number of nitrogen functional groups attached to an aromatic ring is 1. The SMILES string of the molecule is Cc1ccc(C(C)C)cc1Nc1c(C)cccc1N. The average molecular weight is 254 g/mol. The first-order chi connectivity index (χ1) is 8.99. The van der Waals surface area contributed by atoms with Crippen molar-refractivity contribution in [2.24, 2.45) is 0 Å². The van der Waals surface area contributed by atoms with Gasteiger partial charge in [-0.25, -0.2) is 0 Å². The molecule has 0 amide bonds. The Bertz CT molecular complexity index is 566. The second kappa shape index (κ2) is 5.35. The van der Waals surface area contributed by atoms with Crippen molar-refractivity contribution in [3.63, 3.8) is 0 Å². The molecule has 2 aromatic carbocycles. The minimum atomic E-state index is 0.523. The lowest BCUT2D eigenvalue weighted by atomic mass is 10.0. The number of aryl methyl sites for hydroxylation is 2. The Morgan fingerprint density at radius 2 is 1.74 bits per heavy atom. The molecule has 0 fully saturated rings. The van der Waals surface area contributed by atoms with Gasteiger partial charge >= 0.3 is 0 Å². The Kier molecular flexibility index (Phi) is 3.79. The van der Waals surface area contributed by atoms with Crippen LogP contribution < -0.4 is 11.1 Å². The molecule has 0 aliphatic rings. The van der Waals surface area contributed by atoms with E-state index >= 15 is 0 Å². The lowest BCUT2D eigenvalue weighted by molar-refractivity contribution is 0.866. The Morgan fingerprint density at radius 1 is 1.00 bits per heavy atom. The maximum absolute atomic E-state index is 6.05. The number of nitrogens with two attached hydrogens (primary N) is 1. The summed E-state index contributed by atoms with van der Waals surface area (Å²) < 4.78 is 0. The van der Waals surface area contributed by atoms with Crippen molar-refractivity contribution in [3.8, 4) is 0 Å². The van der Waals surface area contributed by atoms with Crippen molar-refractivity contribution in [2.45, 2.75) is 33.6 Å². The molecule has 0 aromatic heterocycles. The highest BCUT2D eigenvalue weighted by Crippen LogP contribution is 2.30. The minimum Gasteiger partial charge on any atom is -0.397 e. The van der Waals surface area contributed by atoms with Gasteiger partial charge in [0.05, 0.1) is 11.4 Å². The van der Waals surface area contributed by atoms with Crippen LogP contribution in [0.2, 0.25) is 0 Å². The number of anilines is 3. The highest BCUT2D eigenvalue weighted by atomic mass is 14.9. The van der Waals surface area contributed by atoms with E-state index in [2.05, 4.69) is 57.3 Å².